The van der Waals surface area contributed by atoms with Gasteiger partial charge >= 0.3 is 0 Å². The van der Waals surface area contributed by atoms with E-state index in [1.165, 1.54) is 18.4 Å². The van der Waals surface area contributed by atoms with Crippen LogP contribution in [0.4, 0.5) is 0 Å². The predicted octanol–water partition coefficient (Wildman–Crippen LogP) is 3.38. The summed E-state index contributed by atoms with van der Waals surface area (Å²) in [5, 5.41) is 5.32. The maximum Gasteiger partial charge on any atom is 0.134 e. The molecule has 4 heteroatoms. The van der Waals surface area contributed by atoms with Crippen LogP contribution in [0.3, 0.4) is 0 Å². The highest BCUT2D eigenvalue weighted by Gasteiger charge is 2.16. The van der Waals surface area contributed by atoms with E-state index in [1.807, 2.05) is 0 Å². The molecule has 1 aliphatic rings. The second kappa shape index (κ2) is 6.30. The maximum absolute atomic E-state index is 6.36. The van der Waals surface area contributed by atoms with E-state index in [0.29, 0.717) is 11.2 Å². The lowest BCUT2D eigenvalue weighted by Crippen LogP contribution is -2.35. The van der Waals surface area contributed by atoms with Gasteiger partial charge in [0.15, 0.2) is 0 Å². The van der Waals surface area contributed by atoms with Gasteiger partial charge in [-0.1, -0.05) is 23.7 Å². The summed E-state index contributed by atoms with van der Waals surface area (Å²) in [6, 6.07) is 9.11. The Morgan fingerprint density at radius 3 is 3.00 bits per heavy atom. The monoisotopic (exact) mass is 303 g/mol. The molecule has 0 radical (unpaired) electrons. The third kappa shape index (κ3) is 3.54. The summed E-state index contributed by atoms with van der Waals surface area (Å²) in [6.07, 6.45) is 2.56. The fourth-order valence-electron chi connectivity index (χ4n) is 3.05. The lowest BCUT2D eigenvalue weighted by atomic mass is 10.1. The molecule has 1 aliphatic heterocycles. The summed E-state index contributed by atoms with van der Waals surface area (Å²) in [5.74, 6) is 0. The van der Waals surface area contributed by atoms with Crippen molar-refractivity contribution in [2.24, 2.45) is 0 Å². The number of pyridine rings is 1. The molecular weight excluding hydrogens is 282 g/mol. The molecule has 112 valence electrons. The SMILES string of the molecule is Cc1ccc2cc(CN(C)CC3CCCN3)c(Cl)nc2c1. The van der Waals surface area contributed by atoms with Gasteiger partial charge in [-0.15, -0.1) is 0 Å². The molecule has 0 saturated carbocycles. The quantitative estimate of drug-likeness (QED) is 0.878. The Morgan fingerprint density at radius 2 is 2.24 bits per heavy atom. The van der Waals surface area contributed by atoms with Crippen LogP contribution in [0.5, 0.6) is 0 Å². The minimum Gasteiger partial charge on any atom is -0.313 e. The molecule has 2 heterocycles. The average Bonchev–Trinajstić information content (AvgIpc) is 2.92. The second-order valence-corrected chi connectivity index (χ2v) is 6.48. The van der Waals surface area contributed by atoms with Gasteiger partial charge in [-0.25, -0.2) is 4.98 Å². The average molecular weight is 304 g/mol. The molecule has 1 saturated heterocycles. The maximum atomic E-state index is 6.36. The number of likely N-dealkylation sites (N-methyl/N-ethyl adjacent to an activating group) is 1. The number of aromatic nitrogens is 1. The van der Waals surface area contributed by atoms with E-state index in [1.54, 1.807) is 0 Å². The van der Waals surface area contributed by atoms with Crippen LogP contribution in [0.1, 0.15) is 24.0 Å². The molecule has 0 aliphatic carbocycles. The van der Waals surface area contributed by atoms with Crippen molar-refractivity contribution in [3.8, 4) is 0 Å². The van der Waals surface area contributed by atoms with Crippen molar-refractivity contribution in [3.63, 3.8) is 0 Å². The van der Waals surface area contributed by atoms with Gasteiger partial charge in [0.1, 0.15) is 5.15 Å². The highest BCUT2D eigenvalue weighted by atomic mass is 35.5. The molecule has 1 atom stereocenters. The highest BCUT2D eigenvalue weighted by molar-refractivity contribution is 6.30. The second-order valence-electron chi connectivity index (χ2n) is 6.12. The molecule has 1 unspecified atom stereocenters. The van der Waals surface area contributed by atoms with Crippen LogP contribution in [-0.4, -0.2) is 36.1 Å². The minimum atomic E-state index is 0.616. The van der Waals surface area contributed by atoms with Crippen LogP contribution >= 0.6 is 11.6 Å². The number of fused-ring (bicyclic) bond motifs is 1. The van der Waals surface area contributed by atoms with Gasteiger partial charge < -0.3 is 10.2 Å². The van der Waals surface area contributed by atoms with Gasteiger partial charge in [-0.3, -0.25) is 0 Å². The molecule has 1 fully saturated rings. The number of halogens is 1. The van der Waals surface area contributed by atoms with Gasteiger partial charge in [0.25, 0.3) is 0 Å². The van der Waals surface area contributed by atoms with Crippen molar-refractivity contribution in [3.05, 3.63) is 40.5 Å². The van der Waals surface area contributed by atoms with Crippen LogP contribution in [0.15, 0.2) is 24.3 Å². The number of aryl methyl sites for hydroxylation is 1. The molecule has 1 aromatic heterocycles. The normalized spacial score (nSPS) is 18.8. The smallest absolute Gasteiger partial charge is 0.134 e. The Labute approximate surface area is 131 Å². The van der Waals surface area contributed by atoms with Gasteiger partial charge in [-0.2, -0.15) is 0 Å². The van der Waals surface area contributed by atoms with Crippen molar-refractivity contribution in [2.45, 2.75) is 32.4 Å². The van der Waals surface area contributed by atoms with E-state index in [0.717, 1.165) is 36.1 Å². The molecular formula is C17H22ClN3. The number of benzene rings is 1. The van der Waals surface area contributed by atoms with E-state index in [2.05, 4.69) is 53.4 Å². The molecule has 0 spiro atoms. The topological polar surface area (TPSA) is 28.2 Å². The largest absolute Gasteiger partial charge is 0.313 e. The summed E-state index contributed by atoms with van der Waals surface area (Å²) in [6.45, 7) is 5.12. The summed E-state index contributed by atoms with van der Waals surface area (Å²) < 4.78 is 0. The lowest BCUT2D eigenvalue weighted by Gasteiger charge is -2.21. The Balaban J connectivity index is 1.76. The first-order valence-electron chi connectivity index (χ1n) is 7.59. The molecule has 2 aromatic rings. The third-order valence-electron chi connectivity index (χ3n) is 4.13. The Bertz CT molecular complexity index is 635. The van der Waals surface area contributed by atoms with E-state index >= 15 is 0 Å². The first-order valence-corrected chi connectivity index (χ1v) is 7.97. The van der Waals surface area contributed by atoms with Crippen LogP contribution in [0.2, 0.25) is 5.15 Å². The lowest BCUT2D eigenvalue weighted by molar-refractivity contribution is 0.293. The number of rotatable bonds is 4. The Morgan fingerprint density at radius 1 is 1.38 bits per heavy atom. The molecule has 3 nitrogen and oxygen atoms in total. The summed E-state index contributed by atoms with van der Waals surface area (Å²) in [5.41, 5.74) is 3.29. The summed E-state index contributed by atoms with van der Waals surface area (Å²) in [4.78, 5) is 6.87. The predicted molar refractivity (Wildman–Crippen MR) is 88.8 cm³/mol. The Kier molecular flexibility index (Phi) is 4.43. The van der Waals surface area contributed by atoms with Crippen LogP contribution in [-0.2, 0) is 6.54 Å². The number of hydrogen-bond donors (Lipinski definition) is 1. The van der Waals surface area contributed by atoms with Crippen LogP contribution in [0.25, 0.3) is 10.9 Å². The third-order valence-corrected chi connectivity index (χ3v) is 4.46. The minimum absolute atomic E-state index is 0.616. The van der Waals surface area contributed by atoms with Crippen molar-refractivity contribution in [2.75, 3.05) is 20.1 Å². The summed E-state index contributed by atoms with van der Waals surface area (Å²) in [7, 11) is 2.15. The first-order chi connectivity index (χ1) is 10.1. The van der Waals surface area contributed by atoms with E-state index in [9.17, 15) is 0 Å². The fourth-order valence-corrected chi connectivity index (χ4v) is 3.26. The van der Waals surface area contributed by atoms with Gasteiger partial charge in [0.05, 0.1) is 5.52 Å². The number of nitrogens with zero attached hydrogens (tertiary/aromatic N) is 2. The zero-order valence-corrected chi connectivity index (χ0v) is 13.5. The fraction of sp³-hybridized carbons (Fsp3) is 0.471. The van der Waals surface area contributed by atoms with E-state index < -0.39 is 0 Å². The van der Waals surface area contributed by atoms with Gasteiger partial charge in [0.2, 0.25) is 0 Å². The van der Waals surface area contributed by atoms with Crippen molar-refractivity contribution < 1.29 is 0 Å². The molecule has 21 heavy (non-hydrogen) atoms. The van der Waals surface area contributed by atoms with Crippen LogP contribution in [0, 0.1) is 6.92 Å². The number of hydrogen-bond acceptors (Lipinski definition) is 3. The molecule has 1 aromatic carbocycles. The van der Waals surface area contributed by atoms with Crippen molar-refractivity contribution in [1.29, 1.82) is 0 Å². The highest BCUT2D eigenvalue weighted by Crippen LogP contribution is 2.22. The Hall–Kier alpha value is -1.16. The molecule has 3 rings (SSSR count). The van der Waals surface area contributed by atoms with Crippen molar-refractivity contribution in [1.82, 2.24) is 15.2 Å². The van der Waals surface area contributed by atoms with E-state index in [4.69, 9.17) is 11.6 Å². The molecule has 1 N–H and O–H groups in total. The molecule has 0 bridgehead atoms. The molecule has 0 amide bonds. The van der Waals surface area contributed by atoms with Gasteiger partial charge in [-0.05, 0) is 51.1 Å². The van der Waals surface area contributed by atoms with Gasteiger partial charge in [0, 0.05) is 30.1 Å². The number of nitrogens with one attached hydrogen (secondary N) is 1. The van der Waals surface area contributed by atoms with E-state index in [-0.39, 0.29) is 0 Å². The summed E-state index contributed by atoms with van der Waals surface area (Å²) >= 11 is 6.36. The van der Waals surface area contributed by atoms with Crippen LogP contribution < -0.4 is 5.32 Å². The first kappa shape index (κ1) is 14.8. The zero-order valence-electron chi connectivity index (χ0n) is 12.7. The van der Waals surface area contributed by atoms with Crippen molar-refractivity contribution >= 4 is 22.5 Å². The zero-order chi connectivity index (χ0) is 14.8. The standard InChI is InChI=1S/C17H22ClN3/c1-12-5-6-13-9-14(17(18)20-16(13)8-12)10-21(2)11-15-4-3-7-19-15/h5-6,8-9,15,19H,3-4,7,10-11H2,1-2H3.